The molecule has 0 aromatic heterocycles. The summed E-state index contributed by atoms with van der Waals surface area (Å²) >= 11 is 0. The van der Waals surface area contributed by atoms with Crippen LogP contribution in [0.2, 0.25) is 0 Å². The Labute approximate surface area is 341 Å². The van der Waals surface area contributed by atoms with Gasteiger partial charge in [-0.3, -0.25) is 33.7 Å². The first-order valence-electron chi connectivity index (χ1n) is 19.9. The first-order chi connectivity index (χ1) is 25.8. The van der Waals surface area contributed by atoms with Gasteiger partial charge in [0.2, 0.25) is 0 Å². The van der Waals surface area contributed by atoms with Gasteiger partial charge in [0.1, 0.15) is 23.1 Å². The molecule has 0 aromatic carbocycles. The minimum atomic E-state index is -0.719. The number of unbranched alkanes of at least 4 members (excludes halogenated alkanes) is 2. The van der Waals surface area contributed by atoms with E-state index in [0.717, 1.165) is 38.5 Å². The maximum atomic E-state index is 12.1. The summed E-state index contributed by atoms with van der Waals surface area (Å²) in [5.41, 5.74) is 9.01. The van der Waals surface area contributed by atoms with Crippen LogP contribution in [0.5, 0.6) is 0 Å². The Morgan fingerprint density at radius 2 is 0.930 bits per heavy atom. The second-order valence-corrected chi connectivity index (χ2v) is 18.7. The first-order valence-corrected chi connectivity index (χ1v) is 19.9. The first kappa shape index (κ1) is 55.2. The van der Waals surface area contributed by atoms with Gasteiger partial charge in [0.25, 0.3) is 23.6 Å². The van der Waals surface area contributed by atoms with E-state index in [1.807, 2.05) is 62.3 Å². The second kappa shape index (κ2) is 24.8. The van der Waals surface area contributed by atoms with Crippen molar-refractivity contribution in [2.24, 2.45) is 39.5 Å². The van der Waals surface area contributed by atoms with Gasteiger partial charge in [-0.1, -0.05) is 54.4 Å². The van der Waals surface area contributed by atoms with Crippen LogP contribution in [0.1, 0.15) is 161 Å². The molecule has 326 valence electrons. The lowest BCUT2D eigenvalue weighted by Gasteiger charge is -2.29. The summed E-state index contributed by atoms with van der Waals surface area (Å²) < 4.78 is 0. The van der Waals surface area contributed by atoms with E-state index in [4.69, 9.17) is 16.3 Å². The summed E-state index contributed by atoms with van der Waals surface area (Å²) in [7, 11) is 0. The van der Waals surface area contributed by atoms with Gasteiger partial charge < -0.3 is 25.9 Å². The van der Waals surface area contributed by atoms with Gasteiger partial charge >= 0.3 is 5.97 Å². The molecule has 0 aromatic rings. The number of imide groups is 2. The molecule has 1 saturated heterocycles. The van der Waals surface area contributed by atoms with Crippen LogP contribution >= 0.6 is 0 Å². The second-order valence-electron chi connectivity index (χ2n) is 18.7. The average Bonchev–Trinajstić information content (AvgIpc) is 3.57. The van der Waals surface area contributed by atoms with Crippen molar-refractivity contribution in [2.45, 2.75) is 167 Å². The Kier molecular flexibility index (Phi) is 24.0. The monoisotopic (exact) mass is 807 g/mol. The van der Waals surface area contributed by atoms with Crippen LogP contribution in [0, 0.1) is 28.1 Å². The number of hydrogen-bond acceptors (Lipinski definition) is 12. The number of carbonyl (C=O) groups excluding carboxylic acids is 9. The molecule has 4 amide bonds. The topological polar surface area (TPSA) is 221 Å². The quantitative estimate of drug-likeness (QED) is 0.144. The lowest BCUT2D eigenvalue weighted by Crippen LogP contribution is -2.45. The van der Waals surface area contributed by atoms with Gasteiger partial charge in [0.15, 0.2) is 0 Å². The number of hydroxylamine groups is 2. The summed E-state index contributed by atoms with van der Waals surface area (Å²) in [6, 6.07) is 0. The largest absolute Gasteiger partial charge is 0.338 e. The van der Waals surface area contributed by atoms with Gasteiger partial charge in [-0.2, -0.15) is 0 Å². The average molecular weight is 807 g/mol. The van der Waals surface area contributed by atoms with Crippen molar-refractivity contribution in [3.8, 4) is 0 Å². The fraction of sp³-hybridized carbons (Fsp3) is 0.744. The molecule has 14 heteroatoms. The van der Waals surface area contributed by atoms with Crippen LogP contribution in [0.25, 0.3) is 0 Å². The standard InChI is InChI=1S/2C13H25NO2.C9H13NO4.C8H11NO2/c2*1-10(15)9-11(7-5-6-8-14)12(16)13(2,3)4;1-9(2,3)8(13)14-10-6(11)4-5-7(10)12;1-8(2,3)9-6(10)4-5-7(9)11/h2*11H,5-9,14H2,1-4H3;4-5H2,1-3H3;4-5H,1-3H3/t2*11-;;/m10../s1. The zero-order chi connectivity index (χ0) is 45.1. The molecule has 0 bridgehead atoms. The Morgan fingerprint density at radius 1 is 0.596 bits per heavy atom. The number of amides is 4. The highest BCUT2D eigenvalue weighted by atomic mass is 16.7. The van der Waals surface area contributed by atoms with Crippen LogP contribution in [0.15, 0.2) is 12.2 Å². The summed E-state index contributed by atoms with van der Waals surface area (Å²) in [6.07, 6.45) is 8.86. The maximum Gasteiger partial charge on any atom is 0.338 e. The lowest BCUT2D eigenvalue weighted by atomic mass is 9.79. The molecule has 0 spiro atoms. The molecule has 0 saturated carbocycles. The molecule has 2 rings (SSSR count). The molecule has 0 aliphatic carbocycles. The van der Waals surface area contributed by atoms with Crippen LogP contribution in [-0.4, -0.2) is 81.3 Å². The summed E-state index contributed by atoms with van der Waals surface area (Å²) in [5, 5.41) is 0.563. The predicted molar refractivity (Wildman–Crippen MR) is 220 cm³/mol. The fourth-order valence-electron chi connectivity index (χ4n) is 5.58. The van der Waals surface area contributed by atoms with Gasteiger partial charge in [0, 0.05) is 66.0 Å². The number of nitrogens with zero attached hydrogens (tertiary/aromatic N) is 2. The van der Waals surface area contributed by atoms with Crippen LogP contribution < -0.4 is 11.5 Å². The SMILES string of the molecule is CC(=O)C[C@@H](CCCCN)C(=O)C(C)(C)C.CC(=O)C[C@H](CCCCN)C(=O)C(C)(C)C.CC(C)(C)C(=O)ON1C(=O)CCC1=O.CC(C)(C)N1C(=O)C=CC1=O. The third-order valence-electron chi connectivity index (χ3n) is 8.57. The van der Waals surface area contributed by atoms with Crippen molar-refractivity contribution in [3.05, 3.63) is 12.2 Å². The van der Waals surface area contributed by atoms with E-state index >= 15 is 0 Å². The Hall–Kier alpha value is -3.91. The van der Waals surface area contributed by atoms with E-state index in [-0.39, 0.29) is 70.5 Å². The Bertz CT molecular complexity index is 1350. The molecule has 14 nitrogen and oxygen atoms in total. The van der Waals surface area contributed by atoms with Gasteiger partial charge in [0.05, 0.1) is 5.41 Å². The highest BCUT2D eigenvalue weighted by Crippen LogP contribution is 2.27. The van der Waals surface area contributed by atoms with Gasteiger partial charge in [-0.15, -0.1) is 5.06 Å². The van der Waals surface area contributed by atoms with Crippen LogP contribution in [0.4, 0.5) is 0 Å². The molecule has 2 aliphatic heterocycles. The highest BCUT2D eigenvalue weighted by Gasteiger charge is 2.36. The number of nitrogens with two attached hydrogens (primary N) is 2. The number of rotatable bonds is 15. The van der Waals surface area contributed by atoms with E-state index in [1.165, 1.54) is 17.1 Å². The van der Waals surface area contributed by atoms with E-state index < -0.39 is 28.7 Å². The molecule has 0 radical (unpaired) electrons. The van der Waals surface area contributed by atoms with E-state index in [0.29, 0.717) is 31.0 Å². The molecular weight excluding hydrogens is 732 g/mol. The molecule has 4 N–H and O–H groups in total. The number of Topliss-reactive ketones (excluding diaryl/α,β-unsaturated/α-hetero) is 4. The maximum absolute atomic E-state index is 12.1. The van der Waals surface area contributed by atoms with Crippen LogP contribution in [0.3, 0.4) is 0 Å². The molecule has 2 atom stereocenters. The number of carbonyl (C=O) groups is 9. The van der Waals surface area contributed by atoms with Crippen molar-refractivity contribution in [1.29, 1.82) is 0 Å². The minimum Gasteiger partial charge on any atom is -0.330 e. The van der Waals surface area contributed by atoms with Crippen molar-refractivity contribution in [2.75, 3.05) is 13.1 Å². The molecular formula is C43H74N4O10. The third kappa shape index (κ3) is 22.6. The zero-order valence-electron chi connectivity index (χ0n) is 37.4. The van der Waals surface area contributed by atoms with E-state index in [1.54, 1.807) is 34.6 Å². The number of hydrogen-bond donors (Lipinski definition) is 2. The van der Waals surface area contributed by atoms with Crippen molar-refractivity contribution in [1.82, 2.24) is 9.96 Å². The molecule has 2 aliphatic rings. The van der Waals surface area contributed by atoms with Crippen molar-refractivity contribution in [3.63, 3.8) is 0 Å². The Morgan fingerprint density at radius 3 is 1.16 bits per heavy atom. The highest BCUT2D eigenvalue weighted by molar-refractivity contribution is 6.13. The molecule has 1 fully saturated rings. The molecule has 0 unspecified atom stereocenters. The lowest BCUT2D eigenvalue weighted by molar-refractivity contribution is -0.203. The van der Waals surface area contributed by atoms with Gasteiger partial charge in [-0.05, 0) is 94.2 Å². The molecule has 57 heavy (non-hydrogen) atoms. The van der Waals surface area contributed by atoms with Crippen molar-refractivity contribution >= 4 is 52.7 Å². The number of ketones is 4. The normalized spacial score (nSPS) is 15.4. The predicted octanol–water partition coefficient (Wildman–Crippen LogP) is 6.00. The summed E-state index contributed by atoms with van der Waals surface area (Å²) in [5.74, 6) is -1.59. The van der Waals surface area contributed by atoms with E-state index in [2.05, 4.69) is 0 Å². The van der Waals surface area contributed by atoms with E-state index in [9.17, 15) is 43.2 Å². The summed E-state index contributed by atoms with van der Waals surface area (Å²) in [6.45, 7) is 26.3. The third-order valence-corrected chi connectivity index (χ3v) is 8.57. The smallest absolute Gasteiger partial charge is 0.330 e. The Balaban J connectivity index is 0. The van der Waals surface area contributed by atoms with Crippen molar-refractivity contribution < 1.29 is 48.0 Å². The zero-order valence-corrected chi connectivity index (χ0v) is 37.4. The summed E-state index contributed by atoms with van der Waals surface area (Å²) in [4.78, 5) is 108. The van der Waals surface area contributed by atoms with Gasteiger partial charge in [-0.25, -0.2) is 4.79 Å². The molecule has 2 heterocycles. The fourth-order valence-corrected chi connectivity index (χ4v) is 5.58. The van der Waals surface area contributed by atoms with Crippen LogP contribution in [-0.2, 0) is 48.0 Å². The minimum absolute atomic E-state index is 0.0929.